The van der Waals surface area contributed by atoms with Gasteiger partial charge in [-0.05, 0) is 12.5 Å². The summed E-state index contributed by atoms with van der Waals surface area (Å²) in [6, 6.07) is 4.27. The van der Waals surface area contributed by atoms with Crippen molar-refractivity contribution in [2.45, 2.75) is 31.5 Å². The molecule has 2 rings (SSSR count). The fourth-order valence-electron chi connectivity index (χ4n) is 2.05. The zero-order valence-corrected chi connectivity index (χ0v) is 10.8. The lowest BCUT2D eigenvalue weighted by Crippen LogP contribution is -2.36. The van der Waals surface area contributed by atoms with E-state index in [1.165, 1.54) is 12.1 Å². The summed E-state index contributed by atoms with van der Waals surface area (Å²) in [5.74, 6) is 0. The van der Waals surface area contributed by atoms with Crippen molar-refractivity contribution in [2.24, 2.45) is 0 Å². The van der Waals surface area contributed by atoms with Gasteiger partial charge in [0, 0.05) is 17.8 Å². The van der Waals surface area contributed by atoms with Gasteiger partial charge in [0.05, 0.1) is 11.5 Å². The SMILES string of the molecule is Cc1ccc([N+](=O)[O-])cc1N[C@@H]1O[C@H](CO)[C@H](O)[C@H]1O. The highest BCUT2D eigenvalue weighted by atomic mass is 16.6. The van der Waals surface area contributed by atoms with Crippen molar-refractivity contribution in [3.8, 4) is 0 Å². The van der Waals surface area contributed by atoms with Crippen LogP contribution in [0.4, 0.5) is 11.4 Å². The van der Waals surface area contributed by atoms with Crippen LogP contribution in [0.2, 0.25) is 0 Å². The smallest absolute Gasteiger partial charge is 0.271 e. The summed E-state index contributed by atoms with van der Waals surface area (Å²) in [5.41, 5.74) is 1.06. The highest BCUT2D eigenvalue weighted by Gasteiger charge is 2.42. The highest BCUT2D eigenvalue weighted by molar-refractivity contribution is 5.57. The molecule has 0 bridgehead atoms. The maximum absolute atomic E-state index is 10.7. The average molecular weight is 284 g/mol. The van der Waals surface area contributed by atoms with E-state index in [0.717, 1.165) is 5.56 Å². The molecule has 4 N–H and O–H groups in total. The van der Waals surface area contributed by atoms with E-state index in [-0.39, 0.29) is 5.69 Å². The molecule has 1 heterocycles. The van der Waals surface area contributed by atoms with Gasteiger partial charge in [0.2, 0.25) is 0 Å². The maximum Gasteiger partial charge on any atom is 0.271 e. The predicted molar refractivity (Wildman–Crippen MR) is 69.2 cm³/mol. The largest absolute Gasteiger partial charge is 0.394 e. The molecule has 8 heteroatoms. The van der Waals surface area contributed by atoms with E-state index in [1.807, 2.05) is 0 Å². The van der Waals surface area contributed by atoms with Gasteiger partial charge in [-0.3, -0.25) is 10.1 Å². The number of ether oxygens (including phenoxy) is 1. The number of hydrogen-bond donors (Lipinski definition) is 4. The lowest BCUT2D eigenvalue weighted by molar-refractivity contribution is -0.384. The second-order valence-corrected chi connectivity index (χ2v) is 4.66. The van der Waals surface area contributed by atoms with Gasteiger partial charge in [-0.15, -0.1) is 0 Å². The molecule has 1 fully saturated rings. The van der Waals surface area contributed by atoms with Crippen molar-refractivity contribution in [3.63, 3.8) is 0 Å². The van der Waals surface area contributed by atoms with Gasteiger partial charge in [-0.1, -0.05) is 6.07 Å². The van der Waals surface area contributed by atoms with Crippen molar-refractivity contribution in [1.82, 2.24) is 0 Å². The van der Waals surface area contributed by atoms with Crippen LogP contribution in [0.15, 0.2) is 18.2 Å². The quantitative estimate of drug-likeness (QED) is 0.444. The van der Waals surface area contributed by atoms with E-state index in [2.05, 4.69) is 5.32 Å². The van der Waals surface area contributed by atoms with Crippen molar-refractivity contribution in [2.75, 3.05) is 11.9 Å². The van der Waals surface area contributed by atoms with E-state index in [4.69, 9.17) is 9.84 Å². The third-order valence-corrected chi connectivity index (χ3v) is 3.27. The van der Waals surface area contributed by atoms with Crippen molar-refractivity contribution in [1.29, 1.82) is 0 Å². The Morgan fingerprint density at radius 2 is 2.10 bits per heavy atom. The lowest BCUT2D eigenvalue weighted by Gasteiger charge is -2.19. The Morgan fingerprint density at radius 1 is 1.40 bits per heavy atom. The van der Waals surface area contributed by atoms with Crippen LogP contribution in [-0.4, -0.2) is 51.4 Å². The van der Waals surface area contributed by atoms with Crippen LogP contribution < -0.4 is 5.32 Å². The zero-order valence-electron chi connectivity index (χ0n) is 10.8. The van der Waals surface area contributed by atoms with E-state index >= 15 is 0 Å². The molecular formula is C12H16N2O6. The van der Waals surface area contributed by atoms with E-state index in [0.29, 0.717) is 5.69 Å². The Kier molecular flexibility index (Phi) is 4.19. The fourth-order valence-corrected chi connectivity index (χ4v) is 2.05. The second-order valence-electron chi connectivity index (χ2n) is 4.66. The zero-order chi connectivity index (χ0) is 14.9. The molecule has 0 aliphatic carbocycles. The molecule has 0 amide bonds. The van der Waals surface area contributed by atoms with Crippen molar-refractivity contribution < 1.29 is 25.0 Å². The van der Waals surface area contributed by atoms with E-state index in [9.17, 15) is 20.3 Å². The monoisotopic (exact) mass is 284 g/mol. The molecule has 0 spiro atoms. The predicted octanol–water partition coefficient (Wildman–Crippen LogP) is -0.246. The van der Waals surface area contributed by atoms with Gasteiger partial charge in [0.15, 0.2) is 6.23 Å². The standard InChI is InChI=1S/C12H16N2O6/c1-6-2-3-7(14(18)19)4-8(6)13-12-11(17)10(16)9(5-15)20-12/h2-4,9-13,15-17H,5H2,1H3/t9-,10+,11-,12-/m1/s1. The third kappa shape index (κ3) is 2.73. The van der Waals surface area contributed by atoms with Gasteiger partial charge in [-0.2, -0.15) is 0 Å². The minimum Gasteiger partial charge on any atom is -0.394 e. The molecule has 0 radical (unpaired) electrons. The third-order valence-electron chi connectivity index (χ3n) is 3.27. The normalized spacial score (nSPS) is 29.4. The minimum atomic E-state index is -1.23. The van der Waals surface area contributed by atoms with Gasteiger partial charge < -0.3 is 25.4 Å². The molecule has 110 valence electrons. The molecule has 1 saturated heterocycles. The minimum absolute atomic E-state index is 0.0927. The Morgan fingerprint density at radius 3 is 2.65 bits per heavy atom. The second kappa shape index (κ2) is 5.71. The van der Waals surface area contributed by atoms with Crippen LogP contribution in [0.3, 0.4) is 0 Å². The summed E-state index contributed by atoms with van der Waals surface area (Å²) < 4.78 is 5.26. The molecular weight excluding hydrogens is 268 g/mol. The first kappa shape index (κ1) is 14.7. The summed E-state index contributed by atoms with van der Waals surface area (Å²) in [4.78, 5) is 10.2. The summed E-state index contributed by atoms with van der Waals surface area (Å²) in [5, 5.41) is 42.0. The molecule has 1 aliphatic heterocycles. The van der Waals surface area contributed by atoms with Crippen LogP contribution in [0, 0.1) is 17.0 Å². The number of benzene rings is 1. The molecule has 1 aliphatic rings. The van der Waals surface area contributed by atoms with Gasteiger partial charge in [0.25, 0.3) is 5.69 Å². The molecule has 0 unspecified atom stereocenters. The number of nitrogens with one attached hydrogen (secondary N) is 1. The van der Waals surface area contributed by atoms with Crippen LogP contribution >= 0.6 is 0 Å². The Hall–Kier alpha value is -1.74. The van der Waals surface area contributed by atoms with Crippen molar-refractivity contribution in [3.05, 3.63) is 33.9 Å². The number of nitro groups is 1. The first-order chi connectivity index (χ1) is 9.43. The summed E-state index contributed by atoms with van der Waals surface area (Å²) >= 11 is 0. The van der Waals surface area contributed by atoms with Gasteiger partial charge in [-0.25, -0.2) is 0 Å². The number of aryl methyl sites for hydroxylation is 1. The fraction of sp³-hybridized carbons (Fsp3) is 0.500. The lowest BCUT2D eigenvalue weighted by atomic mass is 10.1. The number of hydrogen-bond acceptors (Lipinski definition) is 7. The summed E-state index contributed by atoms with van der Waals surface area (Å²) in [7, 11) is 0. The Labute approximate surface area is 114 Å². The molecule has 4 atom stereocenters. The molecule has 1 aromatic carbocycles. The highest BCUT2D eigenvalue weighted by Crippen LogP contribution is 2.27. The molecule has 0 aromatic heterocycles. The van der Waals surface area contributed by atoms with E-state index in [1.54, 1.807) is 13.0 Å². The molecule has 8 nitrogen and oxygen atoms in total. The number of nitro benzene ring substituents is 1. The molecule has 1 aromatic rings. The van der Waals surface area contributed by atoms with Crippen LogP contribution in [0.1, 0.15) is 5.56 Å². The number of non-ortho nitro benzene ring substituents is 1. The van der Waals surface area contributed by atoms with Crippen LogP contribution in [-0.2, 0) is 4.74 Å². The topological polar surface area (TPSA) is 125 Å². The maximum atomic E-state index is 10.7. The van der Waals surface area contributed by atoms with Gasteiger partial charge >= 0.3 is 0 Å². The number of nitrogens with zero attached hydrogens (tertiary/aromatic N) is 1. The Balaban J connectivity index is 2.18. The summed E-state index contributed by atoms with van der Waals surface area (Å²) in [6.45, 7) is 1.32. The number of aliphatic hydroxyl groups is 3. The van der Waals surface area contributed by atoms with Gasteiger partial charge in [0.1, 0.15) is 18.3 Å². The van der Waals surface area contributed by atoms with Crippen LogP contribution in [0.5, 0.6) is 0 Å². The van der Waals surface area contributed by atoms with E-state index < -0.39 is 36.1 Å². The van der Waals surface area contributed by atoms with Crippen molar-refractivity contribution >= 4 is 11.4 Å². The average Bonchev–Trinajstić information content (AvgIpc) is 2.68. The number of aliphatic hydroxyl groups excluding tert-OH is 3. The molecule has 20 heavy (non-hydrogen) atoms. The number of anilines is 1. The number of rotatable bonds is 4. The summed E-state index contributed by atoms with van der Waals surface area (Å²) in [6.07, 6.45) is -4.27. The molecule has 0 saturated carbocycles. The van der Waals surface area contributed by atoms with Crippen LogP contribution in [0.25, 0.3) is 0 Å². The first-order valence-electron chi connectivity index (χ1n) is 6.08. The Bertz CT molecular complexity index is 509. The first-order valence-corrected chi connectivity index (χ1v) is 6.08.